The third-order valence-corrected chi connectivity index (χ3v) is 3.44. The number of aromatic nitrogens is 3. The van der Waals surface area contributed by atoms with Gasteiger partial charge in [0.1, 0.15) is 17.0 Å². The second kappa shape index (κ2) is 5.88. The van der Waals surface area contributed by atoms with Crippen LogP contribution >= 0.6 is 0 Å². The van der Waals surface area contributed by atoms with Crippen molar-refractivity contribution in [3.05, 3.63) is 52.5 Å². The molecule has 2 aliphatic heterocycles. The van der Waals surface area contributed by atoms with E-state index in [2.05, 4.69) is 10.2 Å². The summed E-state index contributed by atoms with van der Waals surface area (Å²) in [4.78, 5) is 23.6. The predicted molar refractivity (Wildman–Crippen MR) is 77.8 cm³/mol. The molecule has 1 aromatic rings. The Labute approximate surface area is 125 Å². The average Bonchev–Trinajstić information content (AvgIpc) is 3.16. The highest BCUT2D eigenvalue weighted by Gasteiger charge is 2.21. The number of carbonyl (C=O) groups excluding carboxylic acids is 1. The summed E-state index contributed by atoms with van der Waals surface area (Å²) in [7, 11) is 1.30. The van der Waals surface area contributed by atoms with E-state index in [9.17, 15) is 9.59 Å². The van der Waals surface area contributed by atoms with Crippen molar-refractivity contribution in [1.82, 2.24) is 14.8 Å². The first kappa shape index (κ1) is 14.1. The second-order valence-corrected chi connectivity index (χ2v) is 4.90. The van der Waals surface area contributed by atoms with Crippen LogP contribution in [0.4, 0.5) is 0 Å². The number of hydrogen-bond acceptors (Lipinski definition) is 5. The molecule has 0 saturated carbocycles. The molecule has 7 heteroatoms. The zero-order valence-electron chi connectivity index (χ0n) is 12.0. The highest BCUT2D eigenvalue weighted by Crippen LogP contribution is 2.20. The van der Waals surface area contributed by atoms with E-state index in [0.717, 1.165) is 18.6 Å². The number of methoxy groups -OCH3 is 1. The minimum Gasteiger partial charge on any atom is -0.469 e. The molecule has 0 saturated heterocycles. The van der Waals surface area contributed by atoms with E-state index in [1.54, 1.807) is 23.2 Å². The van der Waals surface area contributed by atoms with Crippen molar-refractivity contribution in [1.29, 1.82) is 0 Å². The summed E-state index contributed by atoms with van der Waals surface area (Å²) in [6.07, 6.45) is 6.57. The smallest absolute Gasteiger partial charge is 0.341 e. The third kappa shape index (κ3) is 2.65. The molecule has 7 nitrogen and oxygen atoms in total. The number of nitrogens with one attached hydrogen (secondary N) is 1. The van der Waals surface area contributed by atoms with E-state index in [1.807, 2.05) is 12.1 Å². The van der Waals surface area contributed by atoms with Crippen LogP contribution in [0.15, 0.2) is 40.0 Å². The maximum atomic E-state index is 11.8. The first-order valence-corrected chi connectivity index (χ1v) is 6.88. The van der Waals surface area contributed by atoms with Gasteiger partial charge < -0.3 is 13.7 Å². The number of esters is 1. The topological polar surface area (TPSA) is 90.1 Å². The van der Waals surface area contributed by atoms with Crippen molar-refractivity contribution < 1.29 is 13.9 Å². The Morgan fingerprint density at radius 2 is 2.32 bits per heavy atom. The summed E-state index contributed by atoms with van der Waals surface area (Å²) >= 11 is 0. The highest BCUT2D eigenvalue weighted by atomic mass is 16.5. The van der Waals surface area contributed by atoms with Crippen LogP contribution in [0, 0.1) is 0 Å². The number of aromatic amines is 1. The van der Waals surface area contributed by atoms with Gasteiger partial charge in [-0.05, 0) is 18.6 Å². The van der Waals surface area contributed by atoms with Gasteiger partial charge in [0.25, 0.3) is 5.56 Å². The van der Waals surface area contributed by atoms with Gasteiger partial charge in [-0.25, -0.2) is 9.89 Å². The molecule has 0 amide bonds. The molecule has 2 aliphatic rings. The first-order valence-electron chi connectivity index (χ1n) is 6.88. The van der Waals surface area contributed by atoms with Crippen LogP contribution in [0.3, 0.4) is 0 Å². The van der Waals surface area contributed by atoms with Gasteiger partial charge in [0.05, 0.1) is 18.9 Å². The van der Waals surface area contributed by atoms with Crippen molar-refractivity contribution in [3.63, 3.8) is 0 Å². The Bertz CT molecular complexity index is 801. The molecule has 3 rings (SSSR count). The summed E-state index contributed by atoms with van der Waals surface area (Å²) in [5.74, 6) is 0.388. The fraction of sp³-hybridized carbons (Fsp3) is 0.267. The summed E-state index contributed by atoms with van der Waals surface area (Å²) < 4.78 is 11.8. The summed E-state index contributed by atoms with van der Waals surface area (Å²) in [6.45, 7) is 0.644. The van der Waals surface area contributed by atoms with E-state index < -0.39 is 5.97 Å². The quantitative estimate of drug-likeness (QED) is 0.724. The minimum absolute atomic E-state index is 0.274. The lowest BCUT2D eigenvalue weighted by molar-refractivity contribution is 0.0600. The number of aryl methyl sites for hydroxylation is 2. The molecular formula is C15H15N3O4. The van der Waals surface area contributed by atoms with E-state index in [-0.39, 0.29) is 11.1 Å². The molecule has 1 aromatic heterocycles. The van der Waals surface area contributed by atoms with E-state index in [0.29, 0.717) is 17.8 Å². The van der Waals surface area contributed by atoms with Crippen molar-refractivity contribution in [2.24, 2.45) is 0 Å². The van der Waals surface area contributed by atoms with E-state index in [4.69, 9.17) is 9.15 Å². The monoisotopic (exact) mass is 301 g/mol. The standard InChI is InChI=1S/C15H15N3O4/c1-21-15(20)12-9-18(6-2-4-10-5-3-7-22-10)8-11-13(12)16-17-14(11)19/h3,5,7-9H,2,4,6H2,1H3,(H,17,19). The molecule has 0 aromatic carbocycles. The number of carbonyl (C=O) groups is 1. The lowest BCUT2D eigenvalue weighted by atomic mass is 10.1. The molecule has 0 aliphatic carbocycles. The van der Waals surface area contributed by atoms with Crippen LogP contribution in [-0.4, -0.2) is 27.8 Å². The van der Waals surface area contributed by atoms with Gasteiger partial charge in [0.2, 0.25) is 0 Å². The normalized spacial score (nSPS) is 11.0. The number of nitrogens with zero attached hydrogens (tertiary/aromatic N) is 2. The molecule has 0 radical (unpaired) electrons. The molecule has 0 fully saturated rings. The fourth-order valence-electron chi connectivity index (χ4n) is 2.37. The number of H-pyrrole nitrogens is 1. The maximum Gasteiger partial charge on any atom is 0.341 e. The summed E-state index contributed by atoms with van der Waals surface area (Å²) in [5, 5.41) is 6.24. The van der Waals surface area contributed by atoms with E-state index >= 15 is 0 Å². The summed E-state index contributed by atoms with van der Waals surface area (Å²) in [5.41, 5.74) is 0.664. The predicted octanol–water partition coefficient (Wildman–Crippen LogP) is 1.69. The Kier molecular flexibility index (Phi) is 3.78. The van der Waals surface area contributed by atoms with Crippen LogP contribution in [0.2, 0.25) is 0 Å². The largest absolute Gasteiger partial charge is 0.469 e. The number of hydrogen-bond donors (Lipinski definition) is 1. The van der Waals surface area contributed by atoms with Crippen molar-refractivity contribution in [2.45, 2.75) is 19.4 Å². The average molecular weight is 301 g/mol. The SMILES string of the molecule is COC(=O)c1cn(CCCc2ccco2)cc2c(=O)[nH]nc1-2. The maximum absolute atomic E-state index is 11.8. The number of pyridine rings is 1. The van der Waals surface area contributed by atoms with Gasteiger partial charge in [-0.15, -0.1) is 0 Å². The molecule has 22 heavy (non-hydrogen) atoms. The van der Waals surface area contributed by atoms with Gasteiger partial charge in [0, 0.05) is 25.4 Å². The van der Waals surface area contributed by atoms with Crippen molar-refractivity contribution in [3.8, 4) is 11.3 Å². The Hall–Kier alpha value is -2.83. The number of rotatable bonds is 5. The third-order valence-electron chi connectivity index (χ3n) is 3.44. The number of fused-ring (bicyclic) bond motifs is 1. The number of furan rings is 1. The minimum atomic E-state index is -0.517. The zero-order chi connectivity index (χ0) is 15.5. The van der Waals surface area contributed by atoms with Gasteiger partial charge in [0.15, 0.2) is 0 Å². The van der Waals surface area contributed by atoms with Crippen LogP contribution in [0.1, 0.15) is 22.5 Å². The van der Waals surface area contributed by atoms with Gasteiger partial charge >= 0.3 is 5.97 Å². The molecular weight excluding hydrogens is 286 g/mol. The van der Waals surface area contributed by atoms with Crippen LogP contribution in [-0.2, 0) is 17.7 Å². The first-order chi connectivity index (χ1) is 10.7. The van der Waals surface area contributed by atoms with Crippen molar-refractivity contribution >= 4 is 5.97 Å². The molecule has 3 heterocycles. The van der Waals surface area contributed by atoms with Gasteiger partial charge in [-0.3, -0.25) is 4.79 Å². The van der Waals surface area contributed by atoms with Crippen LogP contribution < -0.4 is 5.56 Å². The van der Waals surface area contributed by atoms with Crippen molar-refractivity contribution in [2.75, 3.05) is 7.11 Å². The highest BCUT2D eigenvalue weighted by molar-refractivity contribution is 5.95. The Morgan fingerprint density at radius 1 is 1.45 bits per heavy atom. The summed E-state index contributed by atoms with van der Waals surface area (Å²) in [6, 6.07) is 3.76. The molecule has 0 bridgehead atoms. The lowest BCUT2D eigenvalue weighted by Crippen LogP contribution is -2.12. The lowest BCUT2D eigenvalue weighted by Gasteiger charge is -2.11. The van der Waals surface area contributed by atoms with Crippen LogP contribution in [0.5, 0.6) is 0 Å². The molecule has 0 unspecified atom stereocenters. The van der Waals surface area contributed by atoms with Gasteiger partial charge in [-0.1, -0.05) is 0 Å². The zero-order valence-corrected chi connectivity index (χ0v) is 12.0. The molecule has 1 N–H and O–H groups in total. The van der Waals surface area contributed by atoms with Crippen LogP contribution in [0.25, 0.3) is 11.3 Å². The Balaban J connectivity index is 1.85. The second-order valence-electron chi connectivity index (χ2n) is 4.90. The van der Waals surface area contributed by atoms with Gasteiger partial charge in [-0.2, -0.15) is 5.10 Å². The molecule has 0 spiro atoms. The Morgan fingerprint density at radius 3 is 3.05 bits per heavy atom. The molecule has 114 valence electrons. The fourth-order valence-corrected chi connectivity index (χ4v) is 2.37. The molecule has 0 atom stereocenters. The van der Waals surface area contributed by atoms with E-state index in [1.165, 1.54) is 7.11 Å². The number of ether oxygens (including phenoxy) is 1.